The quantitative estimate of drug-likeness (QED) is 0.327. The highest BCUT2D eigenvalue weighted by Gasteiger charge is 2.25. The monoisotopic (exact) mass is 583 g/mol. The minimum absolute atomic E-state index is 0.0287. The third kappa shape index (κ3) is 6.89. The summed E-state index contributed by atoms with van der Waals surface area (Å²) in [7, 11) is 2.11. The minimum atomic E-state index is -1.04. The van der Waals surface area contributed by atoms with E-state index in [2.05, 4.69) is 32.6 Å². The Morgan fingerprint density at radius 2 is 1.95 bits per heavy atom. The Balaban J connectivity index is 1.43. The van der Waals surface area contributed by atoms with E-state index in [1.54, 1.807) is 56.3 Å². The number of hydrogen-bond donors (Lipinski definition) is 3. The molecule has 9 heteroatoms. The molecule has 1 fully saturated rings. The Morgan fingerprint density at radius 1 is 1.19 bits per heavy atom. The molecule has 0 radical (unpaired) electrons. The highest BCUT2D eigenvalue weighted by atomic mass is 19.1. The molecule has 2 aromatic carbocycles. The Hall–Kier alpha value is -4.21. The van der Waals surface area contributed by atoms with Crippen molar-refractivity contribution in [2.75, 3.05) is 25.5 Å². The zero-order chi connectivity index (χ0) is 30.7. The number of hydrogen-bond acceptors (Lipinski definition) is 6. The lowest BCUT2D eigenvalue weighted by atomic mass is 9.89. The maximum atomic E-state index is 14.9. The van der Waals surface area contributed by atoms with Crippen molar-refractivity contribution in [1.82, 2.24) is 15.2 Å². The normalized spacial score (nSPS) is 20.5. The highest BCUT2D eigenvalue weighted by molar-refractivity contribution is 6.45. The molecule has 224 valence electrons. The van der Waals surface area contributed by atoms with Gasteiger partial charge in [-0.1, -0.05) is 31.2 Å². The fourth-order valence-corrected chi connectivity index (χ4v) is 5.65. The van der Waals surface area contributed by atoms with Crippen LogP contribution in [0.5, 0.6) is 0 Å². The van der Waals surface area contributed by atoms with Crippen LogP contribution in [0.4, 0.5) is 15.9 Å². The first-order chi connectivity index (χ1) is 20.5. The molecule has 2 aliphatic heterocycles. The maximum Gasteiger partial charge on any atom is 0.270 e. The van der Waals surface area contributed by atoms with Crippen molar-refractivity contribution in [3.8, 4) is 0 Å². The third-order valence-corrected chi connectivity index (χ3v) is 8.28. The summed E-state index contributed by atoms with van der Waals surface area (Å²) in [5, 5.41) is 15.8. The van der Waals surface area contributed by atoms with Crippen LogP contribution in [0.1, 0.15) is 73.1 Å². The van der Waals surface area contributed by atoms with Crippen LogP contribution in [0.3, 0.4) is 0 Å². The number of likely N-dealkylation sites (tertiary alicyclic amines) is 1. The zero-order valence-electron chi connectivity index (χ0n) is 25.0. The number of carbonyl (C=O) groups is 2. The van der Waals surface area contributed by atoms with Gasteiger partial charge in [0.2, 0.25) is 0 Å². The van der Waals surface area contributed by atoms with E-state index in [-0.39, 0.29) is 23.2 Å². The molecule has 3 N–H and O–H groups in total. The Labute approximate surface area is 251 Å². The van der Waals surface area contributed by atoms with Gasteiger partial charge in [-0.3, -0.25) is 14.5 Å². The van der Waals surface area contributed by atoms with E-state index < -0.39 is 17.3 Å². The van der Waals surface area contributed by atoms with Gasteiger partial charge in [0.1, 0.15) is 11.5 Å². The summed E-state index contributed by atoms with van der Waals surface area (Å²) in [6, 6.07) is 15.3. The number of rotatable bonds is 7. The summed E-state index contributed by atoms with van der Waals surface area (Å²) >= 11 is 0. The van der Waals surface area contributed by atoms with E-state index in [9.17, 15) is 19.1 Å². The average Bonchev–Trinajstić information content (AvgIpc) is 3.35. The molecule has 2 atom stereocenters. The first-order valence-corrected chi connectivity index (χ1v) is 14.7. The summed E-state index contributed by atoms with van der Waals surface area (Å²) < 4.78 is 14.9. The molecular weight excluding hydrogens is 545 g/mol. The molecule has 1 aromatic heterocycles. The van der Waals surface area contributed by atoms with Crippen molar-refractivity contribution < 1.29 is 19.1 Å². The average molecular weight is 584 g/mol. The summed E-state index contributed by atoms with van der Waals surface area (Å²) in [6.45, 7) is 6.81. The second-order valence-corrected chi connectivity index (χ2v) is 11.8. The molecule has 0 saturated carbocycles. The van der Waals surface area contributed by atoms with Gasteiger partial charge in [-0.05, 0) is 105 Å². The van der Waals surface area contributed by atoms with Crippen LogP contribution in [-0.2, 0) is 10.4 Å². The van der Waals surface area contributed by atoms with Crippen molar-refractivity contribution in [2.45, 2.75) is 51.7 Å². The van der Waals surface area contributed by atoms with E-state index in [4.69, 9.17) is 0 Å². The predicted octanol–water partition coefficient (Wildman–Crippen LogP) is 5.78. The molecule has 8 nitrogen and oxygen atoms in total. The van der Waals surface area contributed by atoms with Gasteiger partial charge >= 0.3 is 0 Å². The molecule has 0 bridgehead atoms. The van der Waals surface area contributed by atoms with Crippen molar-refractivity contribution >= 4 is 34.6 Å². The van der Waals surface area contributed by atoms with Gasteiger partial charge in [0.05, 0.1) is 11.3 Å². The summed E-state index contributed by atoms with van der Waals surface area (Å²) in [4.78, 5) is 37.4. The number of anilines is 1. The Morgan fingerprint density at radius 3 is 2.58 bits per heavy atom. The van der Waals surface area contributed by atoms with Gasteiger partial charge in [-0.15, -0.1) is 0 Å². The molecule has 5 rings (SSSR count). The Bertz CT molecular complexity index is 1560. The first kappa shape index (κ1) is 30.3. The molecule has 3 heterocycles. The molecule has 2 unspecified atom stereocenters. The second-order valence-electron chi connectivity index (χ2n) is 11.8. The van der Waals surface area contributed by atoms with Crippen molar-refractivity contribution in [3.05, 3.63) is 94.9 Å². The van der Waals surface area contributed by atoms with Crippen molar-refractivity contribution in [2.24, 2.45) is 10.9 Å². The van der Waals surface area contributed by atoms with Gasteiger partial charge in [-0.2, -0.15) is 0 Å². The number of amides is 2. The number of nitrogens with one attached hydrogen (secondary N) is 2. The number of aromatic nitrogens is 1. The first-order valence-electron chi connectivity index (χ1n) is 14.7. The number of aliphatic hydroxyl groups is 1. The van der Waals surface area contributed by atoms with Crippen LogP contribution in [-0.4, -0.2) is 52.7 Å². The summed E-state index contributed by atoms with van der Waals surface area (Å²) in [5.41, 5.74) is 2.82. The molecule has 2 amide bonds. The van der Waals surface area contributed by atoms with E-state index in [0.29, 0.717) is 35.1 Å². The van der Waals surface area contributed by atoms with E-state index in [0.717, 1.165) is 36.9 Å². The van der Waals surface area contributed by atoms with Crippen LogP contribution in [0.15, 0.2) is 71.9 Å². The lowest BCUT2D eigenvalue weighted by Crippen LogP contribution is -2.31. The number of benzene rings is 2. The molecule has 0 spiro atoms. The van der Waals surface area contributed by atoms with Gasteiger partial charge in [0, 0.05) is 30.3 Å². The SMILES string of the molecule is CCC1CNC(=O)C(=Nc2ccc(C3CCCN3C)cn2)C=C1c1ccc(F)c(NC(=O)c2ccc(C(C)(C)O)cc2)c1. The van der Waals surface area contributed by atoms with Crippen LogP contribution >= 0.6 is 0 Å². The van der Waals surface area contributed by atoms with Crippen LogP contribution < -0.4 is 10.6 Å². The van der Waals surface area contributed by atoms with Crippen LogP contribution in [0, 0.1) is 11.7 Å². The van der Waals surface area contributed by atoms with E-state index in [1.165, 1.54) is 6.07 Å². The second kappa shape index (κ2) is 12.6. The van der Waals surface area contributed by atoms with Crippen molar-refractivity contribution in [1.29, 1.82) is 0 Å². The van der Waals surface area contributed by atoms with Gasteiger partial charge in [0.15, 0.2) is 5.82 Å². The van der Waals surface area contributed by atoms with Crippen LogP contribution in [0.2, 0.25) is 0 Å². The molecule has 0 aliphatic carbocycles. The lowest BCUT2D eigenvalue weighted by molar-refractivity contribution is -0.114. The standard InChI is InChI=1S/C34H38FN5O3/c1-5-21-19-37-33(42)29(38-31-15-11-24(20-36-31)30-7-6-16-40(30)4)18-26(21)23-10-14-27(35)28(17-23)39-32(41)22-8-12-25(13-9-22)34(2,3)43/h8-15,17-18,20-21,30,43H,5-7,16,19H2,1-4H3,(H,37,42)(H,39,41). The highest BCUT2D eigenvalue weighted by Crippen LogP contribution is 2.32. The number of halogens is 1. The summed E-state index contributed by atoms with van der Waals surface area (Å²) in [5.74, 6) is -0.971. The largest absolute Gasteiger partial charge is 0.386 e. The number of pyridine rings is 1. The smallest absolute Gasteiger partial charge is 0.270 e. The Kier molecular flexibility index (Phi) is 8.84. The van der Waals surface area contributed by atoms with Gasteiger partial charge in [-0.25, -0.2) is 14.4 Å². The lowest BCUT2D eigenvalue weighted by Gasteiger charge is -2.19. The number of nitrogens with zero attached hydrogens (tertiary/aromatic N) is 3. The van der Waals surface area contributed by atoms with Gasteiger partial charge in [0.25, 0.3) is 11.8 Å². The number of aliphatic imine (C=N–C) groups is 1. The van der Waals surface area contributed by atoms with Gasteiger partial charge < -0.3 is 15.7 Å². The molecule has 2 aliphatic rings. The molecule has 1 saturated heterocycles. The minimum Gasteiger partial charge on any atom is -0.386 e. The maximum absolute atomic E-state index is 14.9. The van der Waals surface area contributed by atoms with Crippen LogP contribution in [0.25, 0.3) is 5.57 Å². The predicted molar refractivity (Wildman–Crippen MR) is 167 cm³/mol. The van der Waals surface area contributed by atoms with E-state index in [1.807, 2.05) is 25.3 Å². The zero-order valence-corrected chi connectivity index (χ0v) is 25.0. The molecule has 43 heavy (non-hydrogen) atoms. The fourth-order valence-electron chi connectivity index (χ4n) is 5.65. The van der Waals surface area contributed by atoms with E-state index >= 15 is 0 Å². The summed E-state index contributed by atoms with van der Waals surface area (Å²) in [6.07, 6.45) is 6.54. The molecule has 3 aromatic rings. The number of carbonyl (C=O) groups excluding carboxylic acids is 2. The van der Waals surface area contributed by atoms with Crippen molar-refractivity contribution in [3.63, 3.8) is 0 Å². The topological polar surface area (TPSA) is 107 Å². The molecular formula is C34H38FN5O3. The third-order valence-electron chi connectivity index (χ3n) is 8.28. The fraction of sp³-hybridized carbons (Fsp3) is 0.353.